The van der Waals surface area contributed by atoms with E-state index in [2.05, 4.69) is 36.4 Å². The predicted octanol–water partition coefficient (Wildman–Crippen LogP) is 6.01. The van der Waals surface area contributed by atoms with Crippen molar-refractivity contribution in [2.45, 2.75) is 32.5 Å². The maximum absolute atomic E-state index is 12.4. The molecule has 35 heavy (non-hydrogen) atoms. The van der Waals surface area contributed by atoms with Gasteiger partial charge in [-0.15, -0.1) is 0 Å². The van der Waals surface area contributed by atoms with Crippen LogP contribution in [0.5, 0.6) is 0 Å². The molecule has 0 atom stereocenters. The number of benzene rings is 4. The van der Waals surface area contributed by atoms with E-state index in [1.165, 1.54) is 44.5 Å². The van der Waals surface area contributed by atoms with Crippen LogP contribution in [0, 0.1) is 0 Å². The lowest BCUT2D eigenvalue weighted by molar-refractivity contribution is -0.156. The molecule has 0 aromatic heterocycles. The molecule has 4 heteroatoms. The van der Waals surface area contributed by atoms with Crippen LogP contribution in [0.2, 0.25) is 0 Å². The summed E-state index contributed by atoms with van der Waals surface area (Å²) in [7, 11) is 0. The standard InChI is InChI=1S/C31H24O4/c32-30(34-18-22-9-5-13-26-24-11-3-1-7-20(24)15-28(22)26)17-31(33)35-19-23-10-6-14-27-25-12-4-2-8-21(25)16-29(23)27/h1-14H,15-19H2. The van der Waals surface area contributed by atoms with E-state index in [1.807, 2.05) is 48.5 Å². The van der Waals surface area contributed by atoms with Crippen molar-refractivity contribution in [1.82, 2.24) is 0 Å². The van der Waals surface area contributed by atoms with Crippen molar-refractivity contribution < 1.29 is 19.1 Å². The minimum atomic E-state index is -0.575. The molecule has 4 aromatic rings. The molecule has 0 radical (unpaired) electrons. The molecule has 0 fully saturated rings. The topological polar surface area (TPSA) is 52.6 Å². The number of fused-ring (bicyclic) bond motifs is 6. The van der Waals surface area contributed by atoms with Gasteiger partial charge in [-0.2, -0.15) is 0 Å². The van der Waals surface area contributed by atoms with Gasteiger partial charge < -0.3 is 9.47 Å². The molecule has 0 aliphatic heterocycles. The van der Waals surface area contributed by atoms with Crippen LogP contribution in [-0.2, 0) is 45.1 Å². The lowest BCUT2D eigenvalue weighted by Crippen LogP contribution is -2.14. The third-order valence-electron chi connectivity index (χ3n) is 6.96. The minimum absolute atomic E-state index is 0.147. The van der Waals surface area contributed by atoms with Gasteiger partial charge in [0.1, 0.15) is 19.6 Å². The molecule has 0 saturated heterocycles. The highest BCUT2D eigenvalue weighted by atomic mass is 16.6. The molecule has 2 aliphatic rings. The molecule has 172 valence electrons. The molecule has 0 unspecified atom stereocenters. The maximum atomic E-state index is 12.4. The van der Waals surface area contributed by atoms with E-state index in [0.29, 0.717) is 0 Å². The third-order valence-corrected chi connectivity index (χ3v) is 6.96. The fraction of sp³-hybridized carbons (Fsp3) is 0.161. The molecule has 0 spiro atoms. The average Bonchev–Trinajstić information content (AvgIpc) is 3.45. The average molecular weight is 461 g/mol. The molecule has 4 nitrogen and oxygen atoms in total. The van der Waals surface area contributed by atoms with E-state index in [9.17, 15) is 9.59 Å². The first-order chi connectivity index (χ1) is 17.2. The van der Waals surface area contributed by atoms with Crippen molar-refractivity contribution in [2.24, 2.45) is 0 Å². The first kappa shape index (κ1) is 21.4. The van der Waals surface area contributed by atoms with Crippen molar-refractivity contribution >= 4 is 11.9 Å². The normalized spacial score (nSPS) is 12.3. The SMILES string of the molecule is O=C(CC(=O)OCc1cccc2c1Cc1ccccc1-2)OCc1cccc2c1Cc1ccccc1-2. The van der Waals surface area contributed by atoms with Gasteiger partial charge >= 0.3 is 11.9 Å². The number of ether oxygens (including phenoxy) is 2. The third kappa shape index (κ3) is 4.01. The van der Waals surface area contributed by atoms with Crippen LogP contribution in [0.3, 0.4) is 0 Å². The van der Waals surface area contributed by atoms with Crippen molar-refractivity contribution in [2.75, 3.05) is 0 Å². The maximum Gasteiger partial charge on any atom is 0.317 e. The van der Waals surface area contributed by atoms with Crippen molar-refractivity contribution in [1.29, 1.82) is 0 Å². The number of hydrogen-bond donors (Lipinski definition) is 0. The Morgan fingerprint density at radius 3 is 1.46 bits per heavy atom. The summed E-state index contributed by atoms with van der Waals surface area (Å²) in [5.41, 5.74) is 11.7. The van der Waals surface area contributed by atoms with Gasteiger partial charge in [0.2, 0.25) is 0 Å². The van der Waals surface area contributed by atoms with Gasteiger partial charge in [0.05, 0.1) is 0 Å². The van der Waals surface area contributed by atoms with E-state index in [4.69, 9.17) is 9.47 Å². The lowest BCUT2D eigenvalue weighted by Gasteiger charge is -2.11. The number of rotatable bonds is 6. The highest BCUT2D eigenvalue weighted by Gasteiger charge is 2.23. The van der Waals surface area contributed by atoms with Gasteiger partial charge in [-0.1, -0.05) is 84.9 Å². The Morgan fingerprint density at radius 1 is 0.543 bits per heavy atom. The highest BCUT2D eigenvalue weighted by Crippen LogP contribution is 2.39. The molecule has 0 amide bonds. The fourth-order valence-corrected chi connectivity index (χ4v) is 5.25. The Bertz CT molecular complexity index is 1360. The van der Waals surface area contributed by atoms with Gasteiger partial charge in [0.15, 0.2) is 0 Å². The molecule has 0 N–H and O–H groups in total. The second kappa shape index (κ2) is 8.88. The molecule has 0 saturated carbocycles. The Hall–Kier alpha value is -4.18. The lowest BCUT2D eigenvalue weighted by atomic mass is 10.0. The van der Waals surface area contributed by atoms with Crippen molar-refractivity contribution in [3.63, 3.8) is 0 Å². The number of carbonyl (C=O) groups is 2. The van der Waals surface area contributed by atoms with E-state index in [-0.39, 0.29) is 13.2 Å². The van der Waals surface area contributed by atoms with Gasteiger partial charge in [-0.05, 0) is 68.5 Å². The quantitative estimate of drug-likeness (QED) is 0.226. The summed E-state index contributed by atoms with van der Waals surface area (Å²) in [4.78, 5) is 24.7. The summed E-state index contributed by atoms with van der Waals surface area (Å²) in [5, 5.41) is 0. The van der Waals surface area contributed by atoms with E-state index >= 15 is 0 Å². The summed E-state index contributed by atoms with van der Waals surface area (Å²) in [5.74, 6) is -1.15. The van der Waals surface area contributed by atoms with Crippen LogP contribution in [-0.4, -0.2) is 11.9 Å². The van der Waals surface area contributed by atoms with Crippen molar-refractivity contribution in [3.05, 3.63) is 118 Å². The zero-order valence-electron chi connectivity index (χ0n) is 19.3. The van der Waals surface area contributed by atoms with Crippen LogP contribution in [0.15, 0.2) is 84.9 Å². The summed E-state index contributed by atoms with van der Waals surface area (Å²) in [6.07, 6.45) is 1.25. The van der Waals surface area contributed by atoms with Crippen LogP contribution in [0.1, 0.15) is 39.8 Å². The Morgan fingerprint density at radius 2 is 0.971 bits per heavy atom. The number of carbonyl (C=O) groups excluding carboxylic acids is 2. The second-order valence-electron chi connectivity index (χ2n) is 9.05. The highest BCUT2D eigenvalue weighted by molar-refractivity contribution is 5.91. The predicted molar refractivity (Wildman–Crippen MR) is 134 cm³/mol. The van der Waals surface area contributed by atoms with Crippen molar-refractivity contribution in [3.8, 4) is 22.3 Å². The molecule has 2 aliphatic carbocycles. The molecule has 0 bridgehead atoms. The van der Waals surface area contributed by atoms with E-state index in [0.717, 1.165) is 24.0 Å². The first-order valence-electron chi connectivity index (χ1n) is 11.9. The van der Waals surface area contributed by atoms with Crippen LogP contribution < -0.4 is 0 Å². The monoisotopic (exact) mass is 460 g/mol. The zero-order valence-corrected chi connectivity index (χ0v) is 19.3. The van der Waals surface area contributed by atoms with E-state index < -0.39 is 18.4 Å². The Labute approximate surface area is 204 Å². The smallest absolute Gasteiger partial charge is 0.317 e. The minimum Gasteiger partial charge on any atom is -0.460 e. The molecular weight excluding hydrogens is 436 g/mol. The van der Waals surface area contributed by atoms with E-state index in [1.54, 1.807) is 0 Å². The van der Waals surface area contributed by atoms with Gasteiger partial charge in [-0.3, -0.25) is 9.59 Å². The molecule has 0 heterocycles. The Balaban J connectivity index is 1.05. The van der Waals surface area contributed by atoms with Gasteiger partial charge in [0, 0.05) is 0 Å². The Kier molecular flexibility index (Phi) is 5.42. The van der Waals surface area contributed by atoms with Gasteiger partial charge in [-0.25, -0.2) is 0 Å². The van der Waals surface area contributed by atoms with Gasteiger partial charge in [0.25, 0.3) is 0 Å². The largest absolute Gasteiger partial charge is 0.460 e. The van der Waals surface area contributed by atoms with Crippen LogP contribution >= 0.6 is 0 Å². The first-order valence-corrected chi connectivity index (χ1v) is 11.9. The number of hydrogen-bond acceptors (Lipinski definition) is 4. The second-order valence-corrected chi connectivity index (χ2v) is 9.05. The summed E-state index contributed by atoms with van der Waals surface area (Å²) in [6.45, 7) is 0.293. The summed E-state index contributed by atoms with van der Waals surface area (Å²) >= 11 is 0. The fourth-order valence-electron chi connectivity index (χ4n) is 5.25. The zero-order chi connectivity index (χ0) is 23.8. The van der Waals surface area contributed by atoms with Crippen LogP contribution in [0.25, 0.3) is 22.3 Å². The summed E-state index contributed by atoms with van der Waals surface area (Å²) in [6, 6.07) is 28.8. The van der Waals surface area contributed by atoms with Crippen LogP contribution in [0.4, 0.5) is 0 Å². The molecule has 6 rings (SSSR count). The number of esters is 2. The molecular formula is C31H24O4. The molecule has 4 aromatic carbocycles. The summed E-state index contributed by atoms with van der Waals surface area (Å²) < 4.78 is 10.9.